The van der Waals surface area contributed by atoms with Gasteiger partial charge in [0.15, 0.2) is 0 Å². The normalized spacial score (nSPS) is 11.8. The molecule has 3 heterocycles. The van der Waals surface area contributed by atoms with Gasteiger partial charge in [-0.1, -0.05) is 48.5 Å². The summed E-state index contributed by atoms with van der Waals surface area (Å²) in [7, 11) is 0. The number of nitrogens with zero attached hydrogens (tertiary/aromatic N) is 3. The highest BCUT2D eigenvalue weighted by molar-refractivity contribution is 7.17. The van der Waals surface area contributed by atoms with E-state index in [1.165, 1.54) is 31.9 Å². The van der Waals surface area contributed by atoms with Crippen molar-refractivity contribution in [2.75, 3.05) is 0 Å². The SMILES string of the molecule is c1ccc(-n2c(-c3ccc(-n4c5ccccc5c5cc6ccsc6cc54)cc3)nc3ccccc32)cc1. The van der Waals surface area contributed by atoms with Gasteiger partial charge in [-0.2, -0.15) is 0 Å². The molecule has 8 rings (SSSR count). The van der Waals surface area contributed by atoms with Crippen LogP contribution in [0.2, 0.25) is 0 Å². The molecular formula is C33H21N3S. The van der Waals surface area contributed by atoms with Gasteiger partial charge in [-0.25, -0.2) is 4.98 Å². The largest absolute Gasteiger partial charge is 0.309 e. The Morgan fingerprint density at radius 1 is 0.541 bits per heavy atom. The fourth-order valence-corrected chi connectivity index (χ4v) is 6.33. The van der Waals surface area contributed by atoms with Crippen molar-refractivity contribution in [1.29, 1.82) is 0 Å². The second-order valence-electron chi connectivity index (χ2n) is 9.32. The lowest BCUT2D eigenvalue weighted by atomic mass is 10.1. The molecule has 0 N–H and O–H groups in total. The number of hydrogen-bond donors (Lipinski definition) is 0. The Balaban J connectivity index is 1.33. The first-order valence-electron chi connectivity index (χ1n) is 12.4. The number of rotatable bonds is 3. The molecule has 0 aliphatic heterocycles. The molecule has 0 spiro atoms. The van der Waals surface area contributed by atoms with Gasteiger partial charge in [0.2, 0.25) is 0 Å². The Hall–Kier alpha value is -4.67. The lowest BCUT2D eigenvalue weighted by Crippen LogP contribution is -1.98. The Morgan fingerprint density at radius 2 is 1.27 bits per heavy atom. The molecular weight excluding hydrogens is 470 g/mol. The van der Waals surface area contributed by atoms with Crippen molar-refractivity contribution < 1.29 is 0 Å². The number of benzene rings is 5. The fourth-order valence-electron chi connectivity index (χ4n) is 5.52. The number of imidazole rings is 1. The van der Waals surface area contributed by atoms with Crippen molar-refractivity contribution >= 4 is 54.3 Å². The summed E-state index contributed by atoms with van der Waals surface area (Å²) in [5.74, 6) is 0.946. The van der Waals surface area contributed by atoms with Gasteiger partial charge in [-0.3, -0.25) is 4.57 Å². The van der Waals surface area contributed by atoms with Gasteiger partial charge >= 0.3 is 0 Å². The second-order valence-corrected chi connectivity index (χ2v) is 10.3. The van der Waals surface area contributed by atoms with Crippen LogP contribution in [0.1, 0.15) is 0 Å². The summed E-state index contributed by atoms with van der Waals surface area (Å²) >= 11 is 1.79. The molecule has 3 aromatic heterocycles. The minimum absolute atomic E-state index is 0.946. The molecule has 0 bridgehead atoms. The van der Waals surface area contributed by atoms with E-state index in [4.69, 9.17) is 4.98 Å². The molecule has 0 saturated heterocycles. The average molecular weight is 492 g/mol. The van der Waals surface area contributed by atoms with E-state index in [1.54, 1.807) is 11.3 Å². The monoisotopic (exact) mass is 491 g/mol. The quantitative estimate of drug-likeness (QED) is 0.242. The third-order valence-electron chi connectivity index (χ3n) is 7.21. The highest BCUT2D eigenvalue weighted by atomic mass is 32.1. The van der Waals surface area contributed by atoms with Crippen LogP contribution in [-0.4, -0.2) is 14.1 Å². The summed E-state index contributed by atoms with van der Waals surface area (Å²) in [6.45, 7) is 0. The molecule has 0 radical (unpaired) electrons. The number of fused-ring (bicyclic) bond motifs is 5. The highest BCUT2D eigenvalue weighted by Gasteiger charge is 2.16. The van der Waals surface area contributed by atoms with E-state index in [2.05, 4.69) is 124 Å². The molecule has 37 heavy (non-hydrogen) atoms. The van der Waals surface area contributed by atoms with Gasteiger partial charge in [-0.15, -0.1) is 11.3 Å². The Kier molecular flexibility index (Phi) is 4.39. The highest BCUT2D eigenvalue weighted by Crippen LogP contribution is 2.37. The maximum absolute atomic E-state index is 5.04. The van der Waals surface area contributed by atoms with Crippen molar-refractivity contribution in [1.82, 2.24) is 14.1 Å². The zero-order chi connectivity index (χ0) is 24.3. The lowest BCUT2D eigenvalue weighted by Gasteiger charge is -2.11. The fraction of sp³-hybridized carbons (Fsp3) is 0. The van der Waals surface area contributed by atoms with Crippen molar-refractivity contribution in [3.05, 3.63) is 127 Å². The van der Waals surface area contributed by atoms with E-state index in [1.807, 2.05) is 12.1 Å². The zero-order valence-corrected chi connectivity index (χ0v) is 20.7. The van der Waals surface area contributed by atoms with Crippen molar-refractivity contribution in [2.45, 2.75) is 0 Å². The van der Waals surface area contributed by atoms with E-state index in [-0.39, 0.29) is 0 Å². The third kappa shape index (κ3) is 3.09. The summed E-state index contributed by atoms with van der Waals surface area (Å²) in [6, 6.07) is 43.2. The van der Waals surface area contributed by atoms with Gasteiger partial charge in [0.1, 0.15) is 5.82 Å². The van der Waals surface area contributed by atoms with Gasteiger partial charge in [0.05, 0.1) is 22.1 Å². The van der Waals surface area contributed by atoms with Crippen LogP contribution in [0.25, 0.3) is 65.7 Å². The van der Waals surface area contributed by atoms with Crippen LogP contribution in [0.5, 0.6) is 0 Å². The molecule has 0 aliphatic carbocycles. The molecule has 0 fully saturated rings. The summed E-state index contributed by atoms with van der Waals surface area (Å²) < 4.78 is 5.94. The summed E-state index contributed by atoms with van der Waals surface area (Å²) in [4.78, 5) is 5.04. The Morgan fingerprint density at radius 3 is 2.14 bits per heavy atom. The van der Waals surface area contributed by atoms with E-state index < -0.39 is 0 Å². The predicted octanol–water partition coefficient (Wildman–Crippen LogP) is 9.00. The molecule has 0 amide bonds. The lowest BCUT2D eigenvalue weighted by molar-refractivity contribution is 1.10. The predicted molar refractivity (Wildman–Crippen MR) is 156 cm³/mol. The van der Waals surface area contributed by atoms with Crippen LogP contribution in [0.3, 0.4) is 0 Å². The molecule has 0 aliphatic rings. The van der Waals surface area contributed by atoms with E-state index in [9.17, 15) is 0 Å². The molecule has 0 unspecified atom stereocenters. The number of para-hydroxylation sites is 4. The maximum atomic E-state index is 5.04. The minimum Gasteiger partial charge on any atom is -0.309 e. The molecule has 174 valence electrons. The molecule has 3 nitrogen and oxygen atoms in total. The Labute approximate surface area is 217 Å². The summed E-state index contributed by atoms with van der Waals surface area (Å²) in [5.41, 5.74) is 7.90. The van der Waals surface area contributed by atoms with E-state index >= 15 is 0 Å². The smallest absolute Gasteiger partial charge is 0.145 e. The van der Waals surface area contributed by atoms with Crippen molar-refractivity contribution in [3.63, 3.8) is 0 Å². The zero-order valence-electron chi connectivity index (χ0n) is 19.9. The molecule has 0 saturated carbocycles. The standard InChI is InChI=1S/C33H21N3S/c1-2-8-24(9-3-1)36-30-13-7-5-11-28(30)34-33(36)22-14-16-25(17-15-22)35-29-12-6-4-10-26(29)27-20-23-18-19-37-32(23)21-31(27)35/h1-21H. The first-order chi connectivity index (χ1) is 18.3. The second kappa shape index (κ2) is 7.92. The summed E-state index contributed by atoms with van der Waals surface area (Å²) in [6.07, 6.45) is 0. The van der Waals surface area contributed by atoms with Gasteiger partial charge < -0.3 is 4.57 Å². The topological polar surface area (TPSA) is 22.8 Å². The number of aromatic nitrogens is 3. The first-order valence-corrected chi connectivity index (χ1v) is 13.3. The minimum atomic E-state index is 0.946. The van der Waals surface area contributed by atoms with Gasteiger partial charge in [-0.05, 0) is 83.6 Å². The molecule has 4 heteroatoms. The van der Waals surface area contributed by atoms with Crippen LogP contribution in [0, 0.1) is 0 Å². The average Bonchev–Trinajstić information content (AvgIpc) is 3.66. The molecule has 8 aromatic rings. The van der Waals surface area contributed by atoms with Crippen LogP contribution >= 0.6 is 11.3 Å². The van der Waals surface area contributed by atoms with Crippen LogP contribution in [0.4, 0.5) is 0 Å². The van der Waals surface area contributed by atoms with Crippen molar-refractivity contribution in [3.8, 4) is 22.8 Å². The Bertz CT molecular complexity index is 2080. The van der Waals surface area contributed by atoms with E-state index in [0.717, 1.165) is 33.8 Å². The van der Waals surface area contributed by atoms with Gasteiger partial charge in [0, 0.05) is 32.4 Å². The molecule has 5 aromatic carbocycles. The van der Waals surface area contributed by atoms with Crippen LogP contribution < -0.4 is 0 Å². The third-order valence-corrected chi connectivity index (χ3v) is 8.09. The van der Waals surface area contributed by atoms with Gasteiger partial charge in [0.25, 0.3) is 0 Å². The van der Waals surface area contributed by atoms with Crippen LogP contribution in [-0.2, 0) is 0 Å². The summed E-state index contributed by atoms with van der Waals surface area (Å²) in [5, 5.41) is 6.04. The van der Waals surface area contributed by atoms with Crippen molar-refractivity contribution in [2.24, 2.45) is 0 Å². The first kappa shape index (κ1) is 20.5. The van der Waals surface area contributed by atoms with Crippen LogP contribution in [0.15, 0.2) is 127 Å². The number of thiophene rings is 1. The number of hydrogen-bond acceptors (Lipinski definition) is 2. The van der Waals surface area contributed by atoms with E-state index in [0.29, 0.717) is 0 Å². The maximum Gasteiger partial charge on any atom is 0.145 e. The molecule has 0 atom stereocenters.